The molecule has 0 bridgehead atoms. The van der Waals surface area contributed by atoms with E-state index in [2.05, 4.69) is 0 Å². The summed E-state index contributed by atoms with van der Waals surface area (Å²) in [5, 5.41) is 0. The van der Waals surface area contributed by atoms with E-state index < -0.39 is 53.7 Å². The number of carbonyl (C=O) groups is 4. The van der Waals surface area contributed by atoms with Crippen molar-refractivity contribution in [1.82, 2.24) is 4.90 Å². The molecule has 0 saturated carbocycles. The molecule has 0 spiro atoms. The fraction of sp³-hybridized carbons (Fsp3) is 0.722. The quantitative estimate of drug-likeness (QED) is 0.304. The van der Waals surface area contributed by atoms with Crippen LogP contribution in [-0.2, 0) is 42.9 Å². The molecule has 5 atom stereocenters. The summed E-state index contributed by atoms with van der Waals surface area (Å²) in [6.45, 7) is 8.50. The molecule has 1 heterocycles. The molecular weight excluding hydrogens is 438 g/mol. The number of esters is 4. The first-order valence-corrected chi connectivity index (χ1v) is 10.5. The van der Waals surface area contributed by atoms with Crippen molar-refractivity contribution in [2.45, 2.75) is 64.5 Å². The smallest absolute Gasteiger partial charge is 0.339 e. The second-order valence-corrected chi connectivity index (χ2v) is 7.96. The number of hydrogen-bond acceptors (Lipinski definition) is 11. The van der Waals surface area contributed by atoms with Crippen LogP contribution in [0.2, 0.25) is 0 Å². The lowest BCUT2D eigenvalue weighted by Crippen LogP contribution is -2.62. The first kappa shape index (κ1) is 26.1. The van der Waals surface area contributed by atoms with Crippen LogP contribution in [-0.4, -0.2) is 83.1 Å². The van der Waals surface area contributed by atoms with E-state index in [1.54, 1.807) is 0 Å². The Balaban J connectivity index is 3.40. The lowest BCUT2D eigenvalue weighted by molar-refractivity contribution is -0.234. The van der Waals surface area contributed by atoms with Gasteiger partial charge in [0.05, 0.1) is 7.11 Å². The van der Waals surface area contributed by atoms with Gasteiger partial charge >= 0.3 is 23.9 Å². The summed E-state index contributed by atoms with van der Waals surface area (Å²) >= 11 is 6.47. The maximum absolute atomic E-state index is 12.4. The molecular formula is C18H27NO9S2. The molecule has 0 amide bonds. The minimum Gasteiger partial charge on any atom is -0.467 e. The topological polar surface area (TPSA) is 118 Å². The van der Waals surface area contributed by atoms with Crippen molar-refractivity contribution >= 4 is 52.2 Å². The molecule has 1 aliphatic rings. The average molecular weight is 466 g/mol. The van der Waals surface area contributed by atoms with Crippen LogP contribution in [0, 0.1) is 0 Å². The van der Waals surface area contributed by atoms with Gasteiger partial charge in [-0.15, -0.1) is 0 Å². The van der Waals surface area contributed by atoms with Crippen molar-refractivity contribution in [3.8, 4) is 0 Å². The molecule has 1 fully saturated rings. The lowest BCUT2D eigenvalue weighted by atomic mass is 9.99. The molecule has 12 heteroatoms. The normalized spacial score (nSPS) is 25.6. The van der Waals surface area contributed by atoms with Crippen LogP contribution in [0.3, 0.4) is 0 Å². The molecule has 0 N–H and O–H groups in total. The maximum Gasteiger partial charge on any atom is 0.339 e. The van der Waals surface area contributed by atoms with Gasteiger partial charge in [-0.25, -0.2) is 4.79 Å². The van der Waals surface area contributed by atoms with E-state index in [-0.39, 0.29) is 0 Å². The van der Waals surface area contributed by atoms with E-state index in [0.717, 1.165) is 32.7 Å². The van der Waals surface area contributed by atoms with E-state index in [1.807, 2.05) is 18.7 Å². The van der Waals surface area contributed by atoms with Crippen molar-refractivity contribution in [1.29, 1.82) is 0 Å². The van der Waals surface area contributed by atoms with Crippen LogP contribution in [0.25, 0.3) is 0 Å². The summed E-state index contributed by atoms with van der Waals surface area (Å²) in [5.41, 5.74) is -1.03. The predicted octanol–water partition coefficient (Wildman–Crippen LogP) is 1.04. The number of carbonyl (C=O) groups excluding carboxylic acids is 4. The highest BCUT2D eigenvalue weighted by atomic mass is 32.2. The Morgan fingerprint density at radius 2 is 1.37 bits per heavy atom. The SMILES string of the molecule is CCN(CC)C(=S)S[C@@H]1O[C@H](C(=O)OC)[C@@H](OC(C)=O)[C@H](OC(C)=O)[C@H]1OC(C)=O. The van der Waals surface area contributed by atoms with E-state index in [0.29, 0.717) is 17.4 Å². The molecule has 0 unspecified atom stereocenters. The molecule has 170 valence electrons. The van der Waals surface area contributed by atoms with Gasteiger partial charge in [0, 0.05) is 33.9 Å². The first-order valence-electron chi connectivity index (χ1n) is 9.26. The molecule has 1 saturated heterocycles. The van der Waals surface area contributed by atoms with Crippen LogP contribution in [0.5, 0.6) is 0 Å². The molecule has 1 rings (SSSR count). The average Bonchev–Trinajstić information content (AvgIpc) is 2.65. The fourth-order valence-electron chi connectivity index (χ4n) is 2.83. The Morgan fingerprint density at radius 3 is 1.80 bits per heavy atom. The van der Waals surface area contributed by atoms with Crippen LogP contribution < -0.4 is 0 Å². The van der Waals surface area contributed by atoms with Gasteiger partial charge in [-0.3, -0.25) is 14.4 Å². The summed E-state index contributed by atoms with van der Waals surface area (Å²) in [6.07, 6.45) is -5.32. The molecule has 0 aromatic heterocycles. The third kappa shape index (κ3) is 7.10. The van der Waals surface area contributed by atoms with Crippen molar-refractivity contribution in [2.75, 3.05) is 20.2 Å². The van der Waals surface area contributed by atoms with Crippen molar-refractivity contribution in [2.24, 2.45) is 0 Å². The molecule has 0 aromatic rings. The second-order valence-electron chi connectivity index (χ2n) is 6.23. The highest BCUT2D eigenvalue weighted by Crippen LogP contribution is 2.35. The number of nitrogens with zero attached hydrogens (tertiary/aromatic N) is 1. The molecule has 10 nitrogen and oxygen atoms in total. The minimum absolute atomic E-state index is 0.429. The van der Waals surface area contributed by atoms with Crippen molar-refractivity contribution < 1.29 is 42.9 Å². The summed E-state index contributed by atoms with van der Waals surface area (Å²) in [4.78, 5) is 49.4. The number of methoxy groups -OCH3 is 1. The van der Waals surface area contributed by atoms with Gasteiger partial charge in [0.2, 0.25) is 0 Å². The number of thioether (sulfide) groups is 1. The highest BCUT2D eigenvalue weighted by molar-refractivity contribution is 8.23. The third-order valence-electron chi connectivity index (χ3n) is 4.07. The highest BCUT2D eigenvalue weighted by Gasteiger charge is 2.55. The number of ether oxygens (including phenoxy) is 5. The van der Waals surface area contributed by atoms with E-state index >= 15 is 0 Å². The maximum atomic E-state index is 12.4. The second kappa shape index (κ2) is 12.1. The fourth-order valence-corrected chi connectivity index (χ4v) is 4.50. The third-order valence-corrected chi connectivity index (χ3v) is 5.69. The van der Waals surface area contributed by atoms with Gasteiger partial charge in [0.25, 0.3) is 0 Å². The molecule has 0 aliphatic carbocycles. The van der Waals surface area contributed by atoms with Crippen molar-refractivity contribution in [3.05, 3.63) is 0 Å². The van der Waals surface area contributed by atoms with Gasteiger partial charge in [0.1, 0.15) is 4.32 Å². The van der Waals surface area contributed by atoms with Gasteiger partial charge < -0.3 is 28.6 Å². The van der Waals surface area contributed by atoms with E-state index in [4.69, 9.17) is 35.9 Å². The minimum atomic E-state index is -1.42. The standard InChI is InChI=1S/C18H27NO9S2/c1-7-19(8-2)18(29)30-17-15(27-11(5)22)13(26-10(4)21)12(25-9(3)20)14(28-17)16(23)24-6/h12-15,17H,7-8H2,1-6H3/t12-,13-,14-,15+,17-/m0/s1. The summed E-state index contributed by atoms with van der Waals surface area (Å²) < 4.78 is 26.9. The monoisotopic (exact) mass is 465 g/mol. The molecule has 0 aromatic carbocycles. The zero-order valence-electron chi connectivity index (χ0n) is 17.7. The zero-order valence-corrected chi connectivity index (χ0v) is 19.4. The van der Waals surface area contributed by atoms with Crippen LogP contribution >= 0.6 is 24.0 Å². The summed E-state index contributed by atoms with van der Waals surface area (Å²) in [6, 6.07) is 0. The van der Waals surface area contributed by atoms with Gasteiger partial charge in [0.15, 0.2) is 29.9 Å². The molecule has 1 aliphatic heterocycles. The number of thiocarbonyl (C=S) groups is 1. The summed E-state index contributed by atoms with van der Waals surface area (Å²) in [7, 11) is 1.14. The Bertz CT molecular complexity index is 668. The zero-order chi connectivity index (χ0) is 23.0. The van der Waals surface area contributed by atoms with Crippen LogP contribution in [0.4, 0.5) is 0 Å². The molecule has 0 radical (unpaired) electrons. The Labute approximate surface area is 184 Å². The Hall–Kier alpha value is -1.92. The van der Waals surface area contributed by atoms with Crippen molar-refractivity contribution in [3.63, 3.8) is 0 Å². The van der Waals surface area contributed by atoms with E-state index in [9.17, 15) is 19.2 Å². The van der Waals surface area contributed by atoms with Crippen LogP contribution in [0.15, 0.2) is 0 Å². The lowest BCUT2D eigenvalue weighted by Gasteiger charge is -2.43. The summed E-state index contributed by atoms with van der Waals surface area (Å²) in [5.74, 6) is -3.01. The van der Waals surface area contributed by atoms with E-state index in [1.165, 1.54) is 6.92 Å². The van der Waals surface area contributed by atoms with Gasteiger partial charge in [-0.1, -0.05) is 24.0 Å². The Morgan fingerprint density at radius 1 is 0.900 bits per heavy atom. The Kier molecular flexibility index (Phi) is 10.5. The predicted molar refractivity (Wildman–Crippen MR) is 110 cm³/mol. The number of hydrogen-bond donors (Lipinski definition) is 0. The number of rotatable bonds is 7. The largest absolute Gasteiger partial charge is 0.467 e. The van der Waals surface area contributed by atoms with Gasteiger partial charge in [-0.05, 0) is 13.8 Å². The first-order chi connectivity index (χ1) is 14.0. The molecule has 30 heavy (non-hydrogen) atoms. The van der Waals surface area contributed by atoms with Gasteiger partial charge in [-0.2, -0.15) is 0 Å². The van der Waals surface area contributed by atoms with Crippen LogP contribution in [0.1, 0.15) is 34.6 Å².